The zero-order chi connectivity index (χ0) is 13.5. The van der Waals surface area contributed by atoms with E-state index in [0.29, 0.717) is 18.4 Å². The lowest BCUT2D eigenvalue weighted by Gasteiger charge is -2.15. The first-order chi connectivity index (χ1) is 8.58. The van der Waals surface area contributed by atoms with Gasteiger partial charge in [0.25, 0.3) is 0 Å². The zero-order valence-corrected chi connectivity index (χ0v) is 11.7. The van der Waals surface area contributed by atoms with Crippen molar-refractivity contribution < 1.29 is 9.47 Å². The van der Waals surface area contributed by atoms with Gasteiger partial charge in [-0.15, -0.1) is 0 Å². The quantitative estimate of drug-likeness (QED) is 0.753. The topological polar surface area (TPSA) is 30.5 Å². The number of ether oxygens (including phenoxy) is 2. The fourth-order valence-electron chi connectivity index (χ4n) is 1.66. The lowest BCUT2D eigenvalue weighted by Crippen LogP contribution is -2.22. The predicted molar refractivity (Wildman–Crippen MR) is 75.6 cm³/mol. The van der Waals surface area contributed by atoms with Crippen LogP contribution in [0.5, 0.6) is 5.75 Å². The van der Waals surface area contributed by atoms with Crippen molar-refractivity contribution in [3.63, 3.8) is 0 Å². The minimum Gasteiger partial charge on any atom is -0.497 e. The maximum absolute atomic E-state index is 5.50. The lowest BCUT2D eigenvalue weighted by molar-refractivity contribution is 0.298. The Balaban J connectivity index is 2.96. The molecule has 3 nitrogen and oxygen atoms in total. The molecule has 0 spiro atoms. The second kappa shape index (κ2) is 7.07. The van der Waals surface area contributed by atoms with Gasteiger partial charge in [-0.05, 0) is 24.6 Å². The first kappa shape index (κ1) is 14.6. The average molecular weight is 249 g/mol. The van der Waals surface area contributed by atoms with Crippen molar-refractivity contribution in [3.8, 4) is 5.75 Å². The third-order valence-electron chi connectivity index (χ3n) is 2.64. The van der Waals surface area contributed by atoms with Crippen molar-refractivity contribution >= 4 is 5.76 Å². The maximum Gasteiger partial charge on any atom is 0.119 e. The molecular weight excluding hydrogens is 226 g/mol. The van der Waals surface area contributed by atoms with Gasteiger partial charge < -0.3 is 14.8 Å². The first-order valence-corrected chi connectivity index (χ1v) is 6.30. The van der Waals surface area contributed by atoms with Crippen LogP contribution in [0.3, 0.4) is 0 Å². The van der Waals surface area contributed by atoms with Crippen LogP contribution in [0.2, 0.25) is 0 Å². The standard InChI is InChI=1S/C15H23NO2/c1-6-18-12(4)15-9-14(17-5)8-7-13(15)10-16-11(2)3/h7-9,11,16H,4,6,10H2,1-3,5H3. The highest BCUT2D eigenvalue weighted by Gasteiger charge is 2.09. The van der Waals surface area contributed by atoms with E-state index in [1.807, 2.05) is 25.1 Å². The smallest absolute Gasteiger partial charge is 0.119 e. The molecule has 0 atom stereocenters. The molecule has 0 bridgehead atoms. The molecule has 1 aromatic carbocycles. The van der Waals surface area contributed by atoms with Gasteiger partial charge in [-0.25, -0.2) is 0 Å². The van der Waals surface area contributed by atoms with E-state index in [1.54, 1.807) is 7.11 Å². The van der Waals surface area contributed by atoms with E-state index in [-0.39, 0.29) is 0 Å². The van der Waals surface area contributed by atoms with Gasteiger partial charge in [0.2, 0.25) is 0 Å². The van der Waals surface area contributed by atoms with Crippen LogP contribution in [0.25, 0.3) is 5.76 Å². The molecule has 0 aliphatic rings. The highest BCUT2D eigenvalue weighted by atomic mass is 16.5. The molecule has 0 saturated heterocycles. The summed E-state index contributed by atoms with van der Waals surface area (Å²) in [4.78, 5) is 0. The summed E-state index contributed by atoms with van der Waals surface area (Å²) >= 11 is 0. The number of hydrogen-bond donors (Lipinski definition) is 1. The van der Waals surface area contributed by atoms with E-state index in [2.05, 4.69) is 25.7 Å². The molecule has 1 rings (SSSR count). The predicted octanol–water partition coefficient (Wildman–Crippen LogP) is 3.20. The van der Waals surface area contributed by atoms with Crippen LogP contribution in [-0.4, -0.2) is 19.8 Å². The van der Waals surface area contributed by atoms with Gasteiger partial charge in [0.05, 0.1) is 13.7 Å². The van der Waals surface area contributed by atoms with Crippen LogP contribution in [0.15, 0.2) is 24.8 Å². The van der Waals surface area contributed by atoms with Crippen LogP contribution < -0.4 is 10.1 Å². The second-order valence-corrected chi connectivity index (χ2v) is 4.41. The molecule has 0 aliphatic carbocycles. The van der Waals surface area contributed by atoms with Gasteiger partial charge in [-0.2, -0.15) is 0 Å². The maximum atomic E-state index is 5.50. The fourth-order valence-corrected chi connectivity index (χ4v) is 1.66. The number of methoxy groups -OCH3 is 1. The van der Waals surface area contributed by atoms with Crippen molar-refractivity contribution in [1.29, 1.82) is 0 Å². The van der Waals surface area contributed by atoms with E-state index in [1.165, 1.54) is 5.56 Å². The number of benzene rings is 1. The first-order valence-electron chi connectivity index (χ1n) is 6.30. The monoisotopic (exact) mass is 249 g/mol. The molecular formula is C15H23NO2. The summed E-state index contributed by atoms with van der Waals surface area (Å²) in [6.45, 7) is 11.6. The molecule has 0 aliphatic heterocycles. The Morgan fingerprint density at radius 2 is 2.11 bits per heavy atom. The number of nitrogens with one attached hydrogen (secondary N) is 1. The SMILES string of the molecule is C=C(OCC)c1cc(OC)ccc1CNC(C)C. The Hall–Kier alpha value is -1.48. The van der Waals surface area contributed by atoms with Crippen LogP contribution in [0.1, 0.15) is 31.9 Å². The summed E-state index contributed by atoms with van der Waals surface area (Å²) in [5.41, 5.74) is 2.17. The van der Waals surface area contributed by atoms with E-state index in [0.717, 1.165) is 17.9 Å². The molecule has 100 valence electrons. The van der Waals surface area contributed by atoms with Gasteiger partial charge in [-0.3, -0.25) is 0 Å². The van der Waals surface area contributed by atoms with Crippen LogP contribution in [0.4, 0.5) is 0 Å². The van der Waals surface area contributed by atoms with Crippen LogP contribution in [-0.2, 0) is 11.3 Å². The lowest BCUT2D eigenvalue weighted by atomic mass is 10.1. The molecule has 0 saturated carbocycles. The molecule has 0 heterocycles. The van der Waals surface area contributed by atoms with Crippen LogP contribution >= 0.6 is 0 Å². The van der Waals surface area contributed by atoms with Gasteiger partial charge >= 0.3 is 0 Å². The number of hydrogen-bond acceptors (Lipinski definition) is 3. The van der Waals surface area contributed by atoms with Crippen molar-refractivity contribution in [2.75, 3.05) is 13.7 Å². The molecule has 0 unspecified atom stereocenters. The minimum absolute atomic E-state index is 0.445. The second-order valence-electron chi connectivity index (χ2n) is 4.41. The van der Waals surface area contributed by atoms with Gasteiger partial charge in [-0.1, -0.05) is 26.5 Å². The highest BCUT2D eigenvalue weighted by molar-refractivity contribution is 5.63. The molecule has 18 heavy (non-hydrogen) atoms. The van der Waals surface area contributed by atoms with E-state index in [9.17, 15) is 0 Å². The molecule has 1 N–H and O–H groups in total. The summed E-state index contributed by atoms with van der Waals surface area (Å²) in [6.07, 6.45) is 0. The fraction of sp³-hybridized carbons (Fsp3) is 0.467. The largest absolute Gasteiger partial charge is 0.497 e. The Bertz CT molecular complexity index is 399. The van der Waals surface area contributed by atoms with Crippen LogP contribution in [0, 0.1) is 0 Å². The van der Waals surface area contributed by atoms with Gasteiger partial charge in [0, 0.05) is 18.2 Å². The molecule has 1 aromatic rings. The Kier molecular flexibility index (Phi) is 5.72. The minimum atomic E-state index is 0.445. The summed E-state index contributed by atoms with van der Waals surface area (Å²) in [5.74, 6) is 1.51. The molecule has 0 aromatic heterocycles. The summed E-state index contributed by atoms with van der Waals surface area (Å²) in [7, 11) is 1.66. The summed E-state index contributed by atoms with van der Waals surface area (Å²) in [5, 5.41) is 3.40. The summed E-state index contributed by atoms with van der Waals surface area (Å²) < 4.78 is 10.7. The average Bonchev–Trinajstić information content (AvgIpc) is 2.36. The zero-order valence-electron chi connectivity index (χ0n) is 11.7. The molecule has 0 fully saturated rings. The van der Waals surface area contributed by atoms with Crippen molar-refractivity contribution in [2.45, 2.75) is 33.4 Å². The van der Waals surface area contributed by atoms with Crippen molar-refractivity contribution in [3.05, 3.63) is 35.9 Å². The Morgan fingerprint density at radius 3 is 2.67 bits per heavy atom. The third-order valence-corrected chi connectivity index (χ3v) is 2.64. The van der Waals surface area contributed by atoms with E-state index >= 15 is 0 Å². The Morgan fingerprint density at radius 1 is 1.39 bits per heavy atom. The normalized spacial score (nSPS) is 10.5. The van der Waals surface area contributed by atoms with Gasteiger partial charge in [0.1, 0.15) is 11.5 Å². The molecule has 0 radical (unpaired) electrons. The highest BCUT2D eigenvalue weighted by Crippen LogP contribution is 2.24. The summed E-state index contributed by atoms with van der Waals surface area (Å²) in [6, 6.07) is 6.42. The Labute approximate surface area is 110 Å². The number of rotatable bonds is 7. The molecule has 0 amide bonds. The molecule has 3 heteroatoms. The van der Waals surface area contributed by atoms with Crippen molar-refractivity contribution in [2.24, 2.45) is 0 Å². The van der Waals surface area contributed by atoms with Gasteiger partial charge in [0.15, 0.2) is 0 Å². The third kappa shape index (κ3) is 4.08. The van der Waals surface area contributed by atoms with Crippen molar-refractivity contribution in [1.82, 2.24) is 5.32 Å². The van der Waals surface area contributed by atoms with E-state index < -0.39 is 0 Å². The van der Waals surface area contributed by atoms with E-state index in [4.69, 9.17) is 9.47 Å².